The Balaban J connectivity index is 1.87. The minimum Gasteiger partial charge on any atom is -0.392 e. The summed E-state index contributed by atoms with van der Waals surface area (Å²) in [6, 6.07) is 0. The molecule has 0 radical (unpaired) electrons. The Morgan fingerprint density at radius 2 is 2.38 bits per heavy atom. The molecule has 1 aromatic rings. The Morgan fingerprint density at radius 3 is 3.00 bits per heavy atom. The lowest BCUT2D eigenvalue weighted by Crippen LogP contribution is -2.21. The van der Waals surface area contributed by atoms with Gasteiger partial charge in [-0.25, -0.2) is 0 Å². The summed E-state index contributed by atoms with van der Waals surface area (Å²) >= 11 is 0. The Morgan fingerprint density at radius 1 is 1.56 bits per heavy atom. The molecule has 2 rings (SSSR count). The second-order valence-electron chi connectivity index (χ2n) is 5.14. The molecule has 0 unspecified atom stereocenters. The van der Waals surface area contributed by atoms with E-state index in [1.807, 2.05) is 10.9 Å². The predicted molar refractivity (Wildman–Crippen MR) is 63.0 cm³/mol. The van der Waals surface area contributed by atoms with Crippen LogP contribution in [0.3, 0.4) is 0 Å². The second kappa shape index (κ2) is 4.97. The van der Waals surface area contributed by atoms with Gasteiger partial charge in [-0.3, -0.25) is 9.58 Å². The highest BCUT2D eigenvalue weighted by molar-refractivity contribution is 5.04. The third-order valence-corrected chi connectivity index (χ3v) is 2.89. The van der Waals surface area contributed by atoms with Crippen LogP contribution < -0.4 is 0 Å². The van der Waals surface area contributed by atoms with Gasteiger partial charge in [-0.2, -0.15) is 5.10 Å². The van der Waals surface area contributed by atoms with E-state index in [4.69, 9.17) is 0 Å². The van der Waals surface area contributed by atoms with Crippen molar-refractivity contribution < 1.29 is 5.11 Å². The Hall–Kier alpha value is -0.870. The number of nitrogens with zero attached hydrogens (tertiary/aromatic N) is 3. The van der Waals surface area contributed by atoms with Crippen LogP contribution in [0.5, 0.6) is 0 Å². The molecule has 0 bridgehead atoms. The van der Waals surface area contributed by atoms with Gasteiger partial charge in [-0.15, -0.1) is 0 Å². The number of rotatable bonds is 4. The maximum Gasteiger partial charge on any atom is 0.0679 e. The van der Waals surface area contributed by atoms with Gasteiger partial charge < -0.3 is 5.11 Å². The van der Waals surface area contributed by atoms with Gasteiger partial charge in [0.05, 0.1) is 12.3 Å². The summed E-state index contributed by atoms with van der Waals surface area (Å²) in [4.78, 5) is 2.28. The quantitative estimate of drug-likeness (QED) is 0.831. The van der Waals surface area contributed by atoms with Gasteiger partial charge in [0.2, 0.25) is 0 Å². The molecule has 0 aromatic carbocycles. The van der Waals surface area contributed by atoms with Gasteiger partial charge >= 0.3 is 0 Å². The molecule has 1 aromatic heterocycles. The molecule has 1 atom stereocenters. The number of hydrogen-bond donors (Lipinski definition) is 1. The number of hydrogen-bond acceptors (Lipinski definition) is 3. The minimum atomic E-state index is -0.134. The lowest BCUT2D eigenvalue weighted by Gasteiger charge is -2.12. The van der Waals surface area contributed by atoms with Crippen LogP contribution in [0.15, 0.2) is 12.4 Å². The molecule has 1 aliphatic rings. The number of β-amino-alcohol motifs (C(OH)–C–C–N with tert-alkyl or cyclic N) is 1. The number of aliphatic hydroxyl groups excluding tert-OH is 1. The zero-order valence-corrected chi connectivity index (χ0v) is 10.1. The Kier molecular flexibility index (Phi) is 3.61. The summed E-state index contributed by atoms with van der Waals surface area (Å²) in [6.07, 6.45) is 4.82. The fourth-order valence-corrected chi connectivity index (χ4v) is 2.18. The molecule has 1 N–H and O–H groups in total. The first-order valence-corrected chi connectivity index (χ1v) is 6.05. The molecule has 1 aliphatic heterocycles. The molecular formula is C12H21N3O. The van der Waals surface area contributed by atoms with E-state index in [9.17, 15) is 5.11 Å². The average Bonchev–Trinajstić information content (AvgIpc) is 2.76. The summed E-state index contributed by atoms with van der Waals surface area (Å²) < 4.78 is 2.01. The van der Waals surface area contributed by atoms with E-state index < -0.39 is 0 Å². The van der Waals surface area contributed by atoms with Crippen LogP contribution in [0.25, 0.3) is 0 Å². The van der Waals surface area contributed by atoms with Crippen LogP contribution in [0.4, 0.5) is 0 Å². The van der Waals surface area contributed by atoms with E-state index in [1.165, 1.54) is 5.56 Å². The van der Waals surface area contributed by atoms with Crippen LogP contribution in [-0.4, -0.2) is 39.0 Å². The topological polar surface area (TPSA) is 41.3 Å². The fraction of sp³-hybridized carbons (Fsp3) is 0.750. The highest BCUT2D eigenvalue weighted by Crippen LogP contribution is 2.13. The van der Waals surface area contributed by atoms with Crippen molar-refractivity contribution in [1.29, 1.82) is 0 Å². The maximum atomic E-state index is 9.44. The van der Waals surface area contributed by atoms with Gasteiger partial charge in [0, 0.05) is 37.9 Å². The maximum absolute atomic E-state index is 9.44. The van der Waals surface area contributed by atoms with Crippen molar-refractivity contribution in [2.24, 2.45) is 5.92 Å². The number of aliphatic hydroxyl groups is 1. The van der Waals surface area contributed by atoms with Gasteiger partial charge in [-0.05, 0) is 12.3 Å². The number of aromatic nitrogens is 2. The van der Waals surface area contributed by atoms with Gasteiger partial charge in [0.1, 0.15) is 0 Å². The van der Waals surface area contributed by atoms with Crippen LogP contribution in [0.1, 0.15) is 25.8 Å². The van der Waals surface area contributed by atoms with Crippen LogP contribution >= 0.6 is 0 Å². The molecule has 16 heavy (non-hydrogen) atoms. The molecule has 1 fully saturated rings. The summed E-state index contributed by atoms with van der Waals surface area (Å²) in [5, 5.41) is 13.8. The molecule has 4 nitrogen and oxygen atoms in total. The molecule has 90 valence electrons. The molecule has 0 amide bonds. The van der Waals surface area contributed by atoms with Crippen molar-refractivity contribution in [3.8, 4) is 0 Å². The largest absolute Gasteiger partial charge is 0.392 e. The van der Waals surface area contributed by atoms with E-state index in [0.29, 0.717) is 5.92 Å². The predicted octanol–water partition coefficient (Wildman–Crippen LogP) is 1.11. The molecular weight excluding hydrogens is 202 g/mol. The summed E-state index contributed by atoms with van der Waals surface area (Å²) in [6.45, 7) is 8.07. The Labute approximate surface area is 96.9 Å². The highest BCUT2D eigenvalue weighted by atomic mass is 16.3. The molecule has 4 heteroatoms. The summed E-state index contributed by atoms with van der Waals surface area (Å²) in [5.74, 6) is 0.626. The van der Waals surface area contributed by atoms with Crippen molar-refractivity contribution in [3.63, 3.8) is 0 Å². The van der Waals surface area contributed by atoms with E-state index in [1.54, 1.807) is 0 Å². The fourth-order valence-electron chi connectivity index (χ4n) is 2.18. The van der Waals surface area contributed by atoms with E-state index in [-0.39, 0.29) is 6.10 Å². The number of likely N-dealkylation sites (tertiary alicyclic amines) is 1. The van der Waals surface area contributed by atoms with E-state index in [2.05, 4.69) is 30.0 Å². The first kappa shape index (κ1) is 11.6. The first-order valence-electron chi connectivity index (χ1n) is 6.05. The van der Waals surface area contributed by atoms with Gasteiger partial charge in [-0.1, -0.05) is 13.8 Å². The summed E-state index contributed by atoms with van der Waals surface area (Å²) in [7, 11) is 0. The van der Waals surface area contributed by atoms with E-state index >= 15 is 0 Å². The molecule has 2 heterocycles. The second-order valence-corrected chi connectivity index (χ2v) is 5.14. The van der Waals surface area contributed by atoms with Crippen molar-refractivity contribution in [2.45, 2.75) is 39.5 Å². The lowest BCUT2D eigenvalue weighted by molar-refractivity contribution is 0.175. The zero-order valence-electron chi connectivity index (χ0n) is 10.1. The zero-order chi connectivity index (χ0) is 11.5. The van der Waals surface area contributed by atoms with E-state index in [0.717, 1.165) is 32.6 Å². The minimum absolute atomic E-state index is 0.134. The summed E-state index contributed by atoms with van der Waals surface area (Å²) in [5.41, 5.74) is 1.25. The van der Waals surface area contributed by atoms with Crippen molar-refractivity contribution in [2.75, 3.05) is 13.1 Å². The molecule has 0 aliphatic carbocycles. The monoisotopic (exact) mass is 223 g/mol. The molecule has 1 saturated heterocycles. The van der Waals surface area contributed by atoms with Crippen LogP contribution in [-0.2, 0) is 13.1 Å². The van der Waals surface area contributed by atoms with Crippen LogP contribution in [0, 0.1) is 5.92 Å². The van der Waals surface area contributed by atoms with Crippen molar-refractivity contribution >= 4 is 0 Å². The highest BCUT2D eigenvalue weighted by Gasteiger charge is 2.20. The Bertz CT molecular complexity index is 335. The molecule has 0 saturated carbocycles. The third kappa shape index (κ3) is 3.06. The van der Waals surface area contributed by atoms with Gasteiger partial charge in [0.15, 0.2) is 0 Å². The first-order chi connectivity index (χ1) is 7.63. The van der Waals surface area contributed by atoms with Gasteiger partial charge in [0.25, 0.3) is 0 Å². The molecule has 0 spiro atoms. The van der Waals surface area contributed by atoms with Crippen molar-refractivity contribution in [3.05, 3.63) is 18.0 Å². The smallest absolute Gasteiger partial charge is 0.0679 e. The normalized spacial score (nSPS) is 22.1. The van der Waals surface area contributed by atoms with Crippen molar-refractivity contribution in [1.82, 2.24) is 14.7 Å². The third-order valence-electron chi connectivity index (χ3n) is 2.89. The lowest BCUT2D eigenvalue weighted by atomic mass is 10.2. The standard InChI is InChI=1S/C12H21N3O/c1-10(2)6-15-8-11(5-13-15)7-14-4-3-12(16)9-14/h5,8,10,12,16H,3-4,6-7,9H2,1-2H3/t12-/m0/s1. The van der Waals surface area contributed by atoms with Crippen LogP contribution in [0.2, 0.25) is 0 Å². The average molecular weight is 223 g/mol. The SMILES string of the molecule is CC(C)Cn1cc(CN2CC[C@H](O)C2)cn1.